The van der Waals surface area contributed by atoms with Crippen molar-refractivity contribution in [3.05, 3.63) is 34.6 Å². The molecule has 0 atom stereocenters. The minimum atomic E-state index is 0.351. The van der Waals surface area contributed by atoms with Crippen molar-refractivity contribution in [2.24, 2.45) is 0 Å². The van der Waals surface area contributed by atoms with Crippen molar-refractivity contribution in [2.45, 2.75) is 13.8 Å². The first-order valence-electron chi connectivity index (χ1n) is 5.39. The highest BCUT2D eigenvalue weighted by Crippen LogP contribution is 2.24. The zero-order valence-corrected chi connectivity index (χ0v) is 11.7. The molecule has 2 aromatic heterocycles. The van der Waals surface area contributed by atoms with Crippen LogP contribution in [0.2, 0.25) is 5.15 Å². The zero-order chi connectivity index (χ0) is 13.1. The molecule has 0 fully saturated rings. The quantitative estimate of drug-likeness (QED) is 0.635. The molecule has 94 valence electrons. The van der Waals surface area contributed by atoms with Crippen molar-refractivity contribution in [3.63, 3.8) is 0 Å². The summed E-state index contributed by atoms with van der Waals surface area (Å²) in [5.41, 5.74) is 1.52. The molecular formula is C12H12ClN3OS. The average Bonchev–Trinajstić information content (AvgIpc) is 2.75. The van der Waals surface area contributed by atoms with E-state index in [4.69, 9.17) is 16.3 Å². The number of aromatic nitrogens is 3. The molecule has 2 heterocycles. The lowest BCUT2D eigenvalue weighted by atomic mass is 10.3. The first-order chi connectivity index (χ1) is 8.60. The Kier molecular flexibility index (Phi) is 3.93. The van der Waals surface area contributed by atoms with Gasteiger partial charge in [-0.15, -0.1) is 11.3 Å². The maximum Gasteiger partial charge on any atom is 0.190 e. The summed E-state index contributed by atoms with van der Waals surface area (Å²) in [5.74, 6) is 0.979. The Morgan fingerprint density at radius 3 is 2.83 bits per heavy atom. The second-order valence-corrected chi connectivity index (χ2v) is 4.80. The molecule has 0 aliphatic heterocycles. The topological polar surface area (TPSA) is 47.9 Å². The number of rotatable bonds is 4. The molecule has 0 N–H and O–H groups in total. The SMILES string of the molecule is C=C(OCC)c1cc(Cl)nc(-c2nc(C)cs2)n1. The van der Waals surface area contributed by atoms with E-state index in [0.29, 0.717) is 29.0 Å². The van der Waals surface area contributed by atoms with Gasteiger partial charge >= 0.3 is 0 Å². The predicted molar refractivity (Wildman–Crippen MR) is 73.5 cm³/mol. The van der Waals surface area contributed by atoms with Gasteiger partial charge in [0.15, 0.2) is 10.8 Å². The van der Waals surface area contributed by atoms with Gasteiger partial charge in [-0.2, -0.15) is 0 Å². The molecule has 0 spiro atoms. The first-order valence-corrected chi connectivity index (χ1v) is 6.65. The Labute approximate surface area is 114 Å². The highest BCUT2D eigenvalue weighted by molar-refractivity contribution is 7.13. The molecule has 0 saturated carbocycles. The maximum atomic E-state index is 5.98. The van der Waals surface area contributed by atoms with Crippen LogP contribution in [-0.2, 0) is 4.74 Å². The number of halogens is 1. The van der Waals surface area contributed by atoms with E-state index in [-0.39, 0.29) is 0 Å². The molecule has 4 nitrogen and oxygen atoms in total. The fourth-order valence-corrected chi connectivity index (χ4v) is 2.27. The number of hydrogen-bond acceptors (Lipinski definition) is 5. The highest BCUT2D eigenvalue weighted by atomic mass is 35.5. The van der Waals surface area contributed by atoms with E-state index in [1.54, 1.807) is 6.07 Å². The summed E-state index contributed by atoms with van der Waals surface area (Å²) >= 11 is 7.46. The normalized spacial score (nSPS) is 10.4. The van der Waals surface area contributed by atoms with Crippen LogP contribution in [0.3, 0.4) is 0 Å². The smallest absolute Gasteiger partial charge is 0.190 e. The van der Waals surface area contributed by atoms with Crippen LogP contribution in [0.15, 0.2) is 18.0 Å². The van der Waals surface area contributed by atoms with Gasteiger partial charge in [0.1, 0.15) is 16.6 Å². The summed E-state index contributed by atoms with van der Waals surface area (Å²) in [6, 6.07) is 1.63. The number of nitrogens with zero attached hydrogens (tertiary/aromatic N) is 3. The standard InChI is InChI=1S/C12H12ClN3OS/c1-4-17-8(3)9-5-10(13)16-11(15-9)12-14-7(2)6-18-12/h5-6H,3-4H2,1-2H3. The van der Waals surface area contributed by atoms with Crippen molar-refractivity contribution >= 4 is 28.7 Å². The van der Waals surface area contributed by atoms with Crippen LogP contribution in [-0.4, -0.2) is 21.6 Å². The van der Waals surface area contributed by atoms with Gasteiger partial charge in [0.2, 0.25) is 0 Å². The average molecular weight is 282 g/mol. The summed E-state index contributed by atoms with van der Waals surface area (Å²) in [6.45, 7) is 8.15. The Bertz CT molecular complexity index is 582. The molecule has 0 saturated heterocycles. The van der Waals surface area contributed by atoms with Crippen LogP contribution in [0.5, 0.6) is 0 Å². The van der Waals surface area contributed by atoms with Gasteiger partial charge in [-0.3, -0.25) is 0 Å². The monoisotopic (exact) mass is 281 g/mol. The van der Waals surface area contributed by atoms with Crippen molar-refractivity contribution in [1.29, 1.82) is 0 Å². The van der Waals surface area contributed by atoms with Gasteiger partial charge in [-0.1, -0.05) is 18.2 Å². The van der Waals surface area contributed by atoms with E-state index >= 15 is 0 Å². The van der Waals surface area contributed by atoms with Crippen LogP contribution < -0.4 is 0 Å². The summed E-state index contributed by atoms with van der Waals surface area (Å²) in [5, 5.41) is 3.03. The molecular weight excluding hydrogens is 270 g/mol. The van der Waals surface area contributed by atoms with Crippen LogP contribution in [0.1, 0.15) is 18.3 Å². The van der Waals surface area contributed by atoms with E-state index in [1.165, 1.54) is 11.3 Å². The number of hydrogen-bond donors (Lipinski definition) is 0. The Morgan fingerprint density at radius 1 is 1.44 bits per heavy atom. The summed E-state index contributed by atoms with van der Waals surface area (Å²) < 4.78 is 5.32. The summed E-state index contributed by atoms with van der Waals surface area (Å²) in [4.78, 5) is 12.9. The van der Waals surface area contributed by atoms with Crippen molar-refractivity contribution < 1.29 is 4.74 Å². The van der Waals surface area contributed by atoms with Crippen LogP contribution >= 0.6 is 22.9 Å². The second-order valence-electron chi connectivity index (χ2n) is 3.55. The largest absolute Gasteiger partial charge is 0.492 e. The van der Waals surface area contributed by atoms with Gasteiger partial charge < -0.3 is 4.74 Å². The number of thiazole rings is 1. The molecule has 0 bridgehead atoms. The molecule has 0 aliphatic carbocycles. The predicted octanol–water partition coefficient (Wildman–Crippen LogP) is 3.57. The fraction of sp³-hybridized carbons (Fsp3) is 0.250. The van der Waals surface area contributed by atoms with Gasteiger partial charge in [-0.25, -0.2) is 15.0 Å². The van der Waals surface area contributed by atoms with E-state index in [1.807, 2.05) is 19.2 Å². The lowest BCUT2D eigenvalue weighted by molar-refractivity contribution is 0.298. The lowest BCUT2D eigenvalue weighted by Crippen LogP contribution is -1.98. The minimum absolute atomic E-state index is 0.351. The Hall–Kier alpha value is -1.46. The highest BCUT2D eigenvalue weighted by Gasteiger charge is 2.11. The van der Waals surface area contributed by atoms with Gasteiger partial charge in [0.05, 0.1) is 6.61 Å². The van der Waals surface area contributed by atoms with Crippen molar-refractivity contribution in [1.82, 2.24) is 15.0 Å². The van der Waals surface area contributed by atoms with E-state index in [9.17, 15) is 0 Å². The molecule has 2 aromatic rings. The molecule has 0 aromatic carbocycles. The first kappa shape index (κ1) is 13.0. The third kappa shape index (κ3) is 2.86. The fourth-order valence-electron chi connectivity index (χ4n) is 1.36. The molecule has 2 rings (SSSR count). The molecule has 0 amide bonds. The Morgan fingerprint density at radius 2 is 2.22 bits per heavy atom. The van der Waals surface area contributed by atoms with Crippen LogP contribution in [0, 0.1) is 6.92 Å². The molecule has 0 unspecified atom stereocenters. The second kappa shape index (κ2) is 5.46. The van der Waals surface area contributed by atoms with E-state index in [2.05, 4.69) is 21.5 Å². The molecule has 6 heteroatoms. The third-order valence-corrected chi connectivity index (χ3v) is 3.26. The Balaban J connectivity index is 2.41. The third-order valence-electron chi connectivity index (χ3n) is 2.11. The molecule has 0 radical (unpaired) electrons. The molecule has 18 heavy (non-hydrogen) atoms. The van der Waals surface area contributed by atoms with Gasteiger partial charge in [-0.05, 0) is 13.8 Å². The van der Waals surface area contributed by atoms with Crippen molar-refractivity contribution in [2.75, 3.05) is 6.61 Å². The lowest BCUT2D eigenvalue weighted by Gasteiger charge is -2.07. The van der Waals surface area contributed by atoms with Crippen LogP contribution in [0.25, 0.3) is 16.6 Å². The maximum absolute atomic E-state index is 5.98. The van der Waals surface area contributed by atoms with Gasteiger partial charge in [0, 0.05) is 17.1 Å². The number of ether oxygens (including phenoxy) is 1. The number of aryl methyl sites for hydroxylation is 1. The van der Waals surface area contributed by atoms with Gasteiger partial charge in [0.25, 0.3) is 0 Å². The van der Waals surface area contributed by atoms with Crippen LogP contribution in [0.4, 0.5) is 0 Å². The minimum Gasteiger partial charge on any atom is -0.492 e. The summed E-state index contributed by atoms with van der Waals surface area (Å²) in [7, 11) is 0. The summed E-state index contributed by atoms with van der Waals surface area (Å²) in [6.07, 6.45) is 0. The van der Waals surface area contributed by atoms with Crippen molar-refractivity contribution in [3.8, 4) is 10.8 Å². The van der Waals surface area contributed by atoms with E-state index < -0.39 is 0 Å². The zero-order valence-electron chi connectivity index (χ0n) is 10.1. The van der Waals surface area contributed by atoms with E-state index in [0.717, 1.165) is 10.7 Å². The molecule has 0 aliphatic rings.